The number of hydrogen-bond acceptors (Lipinski definition) is 5. The number of nitrogens with zero attached hydrogens (tertiary/aromatic N) is 2. The molecule has 0 fully saturated rings. The van der Waals surface area contributed by atoms with E-state index in [4.69, 9.17) is 4.42 Å². The minimum atomic E-state index is -0.256. The second-order valence-electron chi connectivity index (χ2n) is 4.75. The van der Waals surface area contributed by atoms with Gasteiger partial charge in [-0.3, -0.25) is 4.79 Å². The zero-order valence-corrected chi connectivity index (χ0v) is 12.8. The first-order valence-corrected chi connectivity index (χ1v) is 7.78. The van der Waals surface area contributed by atoms with Crippen LogP contribution in [0.3, 0.4) is 0 Å². The smallest absolute Gasteiger partial charge is 0.233 e. The lowest BCUT2D eigenvalue weighted by Gasteiger charge is -2.11. The fraction of sp³-hybridized carbons (Fsp3) is 0.188. The number of para-hydroxylation sites is 1. The topological polar surface area (TPSA) is 68.0 Å². The Morgan fingerprint density at radius 1 is 1.27 bits per heavy atom. The van der Waals surface area contributed by atoms with Crippen molar-refractivity contribution in [3.63, 3.8) is 0 Å². The number of carbonyl (C=O) groups is 1. The van der Waals surface area contributed by atoms with Crippen molar-refractivity contribution >= 4 is 28.6 Å². The number of amides is 1. The molecule has 0 saturated heterocycles. The van der Waals surface area contributed by atoms with Crippen molar-refractivity contribution in [1.29, 1.82) is 0 Å². The van der Waals surface area contributed by atoms with E-state index in [0.29, 0.717) is 6.54 Å². The molecule has 2 aromatic heterocycles. The summed E-state index contributed by atoms with van der Waals surface area (Å²) in [5, 5.41) is 4.37. The molecule has 22 heavy (non-hydrogen) atoms. The van der Waals surface area contributed by atoms with E-state index >= 15 is 0 Å². The zero-order chi connectivity index (χ0) is 15.4. The van der Waals surface area contributed by atoms with Gasteiger partial charge in [0.1, 0.15) is 17.1 Å². The summed E-state index contributed by atoms with van der Waals surface area (Å²) in [5.74, 6) is 0.683. The van der Waals surface area contributed by atoms with Gasteiger partial charge in [-0.25, -0.2) is 9.97 Å². The maximum atomic E-state index is 12.2. The second kappa shape index (κ2) is 6.62. The van der Waals surface area contributed by atoms with Crippen LogP contribution in [0.1, 0.15) is 12.7 Å². The molecule has 3 rings (SSSR count). The first-order valence-electron chi connectivity index (χ1n) is 6.90. The third kappa shape index (κ3) is 3.28. The fourth-order valence-electron chi connectivity index (χ4n) is 2.03. The third-order valence-electron chi connectivity index (χ3n) is 3.18. The lowest BCUT2D eigenvalue weighted by Crippen LogP contribution is -2.30. The Morgan fingerprint density at radius 3 is 2.95 bits per heavy atom. The fourth-order valence-corrected chi connectivity index (χ4v) is 2.96. The molecule has 0 unspecified atom stereocenters. The highest BCUT2D eigenvalue weighted by Gasteiger charge is 2.16. The van der Waals surface area contributed by atoms with Gasteiger partial charge < -0.3 is 9.73 Å². The van der Waals surface area contributed by atoms with E-state index in [1.807, 2.05) is 37.3 Å². The van der Waals surface area contributed by atoms with Gasteiger partial charge in [0.2, 0.25) is 5.91 Å². The van der Waals surface area contributed by atoms with Crippen LogP contribution in [0.2, 0.25) is 0 Å². The van der Waals surface area contributed by atoms with E-state index in [0.717, 1.165) is 21.7 Å². The molecular weight excluding hydrogens is 298 g/mol. The summed E-state index contributed by atoms with van der Waals surface area (Å²) in [6, 6.07) is 11.4. The number of nitrogens with one attached hydrogen (secondary N) is 1. The molecule has 0 saturated carbocycles. The molecule has 112 valence electrons. The van der Waals surface area contributed by atoms with E-state index in [1.165, 1.54) is 18.1 Å². The van der Waals surface area contributed by atoms with Gasteiger partial charge >= 0.3 is 0 Å². The molecule has 3 aromatic rings. The molecule has 0 aliphatic carbocycles. The molecule has 0 bridgehead atoms. The number of benzene rings is 1. The molecule has 0 aliphatic rings. The minimum Gasteiger partial charge on any atom is -0.467 e. The van der Waals surface area contributed by atoms with Crippen LogP contribution in [-0.2, 0) is 11.3 Å². The third-order valence-corrected chi connectivity index (χ3v) is 4.30. The Bertz CT molecular complexity index is 769. The zero-order valence-electron chi connectivity index (χ0n) is 12.0. The summed E-state index contributed by atoms with van der Waals surface area (Å²) < 4.78 is 5.20. The van der Waals surface area contributed by atoms with Gasteiger partial charge in [-0.05, 0) is 25.1 Å². The number of fused-ring (bicyclic) bond motifs is 1. The first kappa shape index (κ1) is 14.6. The van der Waals surface area contributed by atoms with Crippen molar-refractivity contribution in [2.45, 2.75) is 23.7 Å². The lowest BCUT2D eigenvalue weighted by atomic mass is 10.2. The number of hydrogen-bond donors (Lipinski definition) is 1. The monoisotopic (exact) mass is 313 g/mol. The molecule has 1 amide bonds. The molecule has 0 aliphatic heterocycles. The van der Waals surface area contributed by atoms with Gasteiger partial charge in [0.05, 0.1) is 23.6 Å². The van der Waals surface area contributed by atoms with Crippen LogP contribution >= 0.6 is 11.8 Å². The minimum absolute atomic E-state index is 0.0518. The highest BCUT2D eigenvalue weighted by atomic mass is 32.2. The maximum Gasteiger partial charge on any atom is 0.233 e. The summed E-state index contributed by atoms with van der Waals surface area (Å²) in [6.45, 7) is 2.25. The summed E-state index contributed by atoms with van der Waals surface area (Å²) in [7, 11) is 0. The average molecular weight is 313 g/mol. The molecule has 1 aromatic carbocycles. The molecule has 0 radical (unpaired) electrons. The maximum absolute atomic E-state index is 12.2. The largest absolute Gasteiger partial charge is 0.467 e. The van der Waals surface area contributed by atoms with Gasteiger partial charge in [-0.2, -0.15) is 0 Å². The predicted octanol–water partition coefficient (Wildman–Crippen LogP) is 3.02. The van der Waals surface area contributed by atoms with Crippen LogP contribution in [0.5, 0.6) is 0 Å². The van der Waals surface area contributed by atoms with Crippen molar-refractivity contribution in [1.82, 2.24) is 15.3 Å². The van der Waals surface area contributed by atoms with Crippen molar-refractivity contribution in [3.8, 4) is 0 Å². The van der Waals surface area contributed by atoms with Gasteiger partial charge in [0.15, 0.2) is 0 Å². The van der Waals surface area contributed by atoms with Crippen LogP contribution in [0.15, 0.2) is 58.4 Å². The van der Waals surface area contributed by atoms with Crippen LogP contribution in [0.4, 0.5) is 0 Å². The quantitative estimate of drug-likeness (QED) is 0.579. The van der Waals surface area contributed by atoms with Crippen LogP contribution in [0, 0.1) is 0 Å². The molecular formula is C16H15N3O2S. The number of carbonyl (C=O) groups excluding carboxylic acids is 1. The molecule has 1 N–H and O–H groups in total. The van der Waals surface area contributed by atoms with Crippen LogP contribution in [0.25, 0.3) is 10.9 Å². The molecule has 1 atom stereocenters. The highest BCUT2D eigenvalue weighted by Crippen LogP contribution is 2.27. The standard InChI is InChI=1S/C16H15N3O2S/c1-11(15(20)17-9-12-5-4-8-21-12)22-16-13-6-2-3-7-14(13)18-10-19-16/h2-8,10-11H,9H2,1H3,(H,17,20)/t11-/m1/s1. The Morgan fingerprint density at radius 2 is 2.14 bits per heavy atom. The lowest BCUT2D eigenvalue weighted by molar-refractivity contribution is -0.120. The van der Waals surface area contributed by atoms with Crippen LogP contribution < -0.4 is 5.32 Å². The highest BCUT2D eigenvalue weighted by molar-refractivity contribution is 8.00. The van der Waals surface area contributed by atoms with Gasteiger partial charge in [0, 0.05) is 5.39 Å². The van der Waals surface area contributed by atoms with Crippen molar-refractivity contribution in [3.05, 3.63) is 54.7 Å². The number of furan rings is 1. The Hall–Kier alpha value is -2.34. The van der Waals surface area contributed by atoms with Crippen LogP contribution in [-0.4, -0.2) is 21.1 Å². The van der Waals surface area contributed by atoms with E-state index < -0.39 is 0 Å². The molecule has 2 heterocycles. The SMILES string of the molecule is C[C@@H](Sc1ncnc2ccccc12)C(=O)NCc1ccco1. The van der Waals surface area contributed by atoms with Crippen molar-refractivity contribution in [2.75, 3.05) is 0 Å². The average Bonchev–Trinajstić information content (AvgIpc) is 3.06. The van der Waals surface area contributed by atoms with Gasteiger partial charge in [-0.15, -0.1) is 0 Å². The Labute approximate surface area is 132 Å². The summed E-state index contributed by atoms with van der Waals surface area (Å²) >= 11 is 1.42. The predicted molar refractivity (Wildman–Crippen MR) is 85.4 cm³/mol. The summed E-state index contributed by atoms with van der Waals surface area (Å²) in [5.41, 5.74) is 0.878. The van der Waals surface area contributed by atoms with Crippen molar-refractivity contribution in [2.24, 2.45) is 0 Å². The Kier molecular flexibility index (Phi) is 4.39. The normalized spacial score (nSPS) is 12.2. The van der Waals surface area contributed by atoms with E-state index in [1.54, 1.807) is 12.3 Å². The number of thioether (sulfide) groups is 1. The molecule has 6 heteroatoms. The Balaban J connectivity index is 1.67. The van der Waals surface area contributed by atoms with E-state index in [9.17, 15) is 4.79 Å². The van der Waals surface area contributed by atoms with E-state index in [-0.39, 0.29) is 11.2 Å². The summed E-state index contributed by atoms with van der Waals surface area (Å²) in [6.07, 6.45) is 3.12. The number of rotatable bonds is 5. The molecule has 0 spiro atoms. The molecule has 5 nitrogen and oxygen atoms in total. The summed E-state index contributed by atoms with van der Waals surface area (Å²) in [4.78, 5) is 20.7. The van der Waals surface area contributed by atoms with Gasteiger partial charge in [-0.1, -0.05) is 30.0 Å². The second-order valence-corrected chi connectivity index (χ2v) is 6.08. The van der Waals surface area contributed by atoms with Crippen molar-refractivity contribution < 1.29 is 9.21 Å². The number of aromatic nitrogens is 2. The first-order chi connectivity index (χ1) is 10.7. The van der Waals surface area contributed by atoms with E-state index in [2.05, 4.69) is 15.3 Å². The van der Waals surface area contributed by atoms with Gasteiger partial charge in [0.25, 0.3) is 0 Å².